The molecule has 0 aliphatic carbocycles. The first kappa shape index (κ1) is 40.2. The summed E-state index contributed by atoms with van der Waals surface area (Å²) >= 11 is 0. The van der Waals surface area contributed by atoms with Gasteiger partial charge in [0, 0.05) is 40.5 Å². The average molecular weight is 783 g/mol. The van der Waals surface area contributed by atoms with Gasteiger partial charge in [0.05, 0.1) is 22.4 Å². The van der Waals surface area contributed by atoms with E-state index in [4.69, 9.17) is 9.72 Å². The summed E-state index contributed by atoms with van der Waals surface area (Å²) in [4.78, 5) is 9.88. The normalized spacial score (nSPS) is 13.8. The molecule has 59 heavy (non-hydrogen) atoms. The van der Waals surface area contributed by atoms with E-state index in [-0.39, 0.29) is 21.7 Å². The van der Waals surface area contributed by atoms with Gasteiger partial charge in [0.15, 0.2) is 0 Å². The summed E-state index contributed by atoms with van der Waals surface area (Å²) < 4.78 is 9.14. The largest absolute Gasteiger partial charge is 0.457 e. The van der Waals surface area contributed by atoms with Crippen LogP contribution in [0, 0.1) is 13.8 Å². The lowest BCUT2D eigenvalue weighted by Gasteiger charge is -2.29. The van der Waals surface area contributed by atoms with Crippen LogP contribution in [0.25, 0.3) is 27.6 Å². The monoisotopic (exact) mass is 782 g/mol. The molecule has 5 nitrogen and oxygen atoms in total. The third-order valence-corrected chi connectivity index (χ3v) is 12.2. The van der Waals surface area contributed by atoms with E-state index in [1.807, 2.05) is 6.20 Å². The molecule has 0 unspecified atom stereocenters. The van der Waals surface area contributed by atoms with Gasteiger partial charge in [-0.25, -0.2) is 4.98 Å². The van der Waals surface area contributed by atoms with E-state index in [0.717, 1.165) is 34.0 Å². The molecule has 0 radical (unpaired) electrons. The van der Waals surface area contributed by atoms with Gasteiger partial charge in [0.1, 0.15) is 24.0 Å². The second kappa shape index (κ2) is 14.0. The summed E-state index contributed by atoms with van der Waals surface area (Å²) in [6.07, 6.45) is 1.94. The maximum absolute atomic E-state index is 6.82. The van der Waals surface area contributed by atoms with Crippen LogP contribution in [0.3, 0.4) is 0 Å². The third kappa shape index (κ3) is 7.50. The van der Waals surface area contributed by atoms with Crippen molar-refractivity contribution in [1.29, 1.82) is 0 Å². The van der Waals surface area contributed by atoms with Crippen molar-refractivity contribution in [2.75, 3.05) is 16.5 Å². The molecule has 304 valence electrons. The van der Waals surface area contributed by atoms with Crippen molar-refractivity contribution >= 4 is 44.6 Å². The number of aromatic nitrogens is 2. The van der Waals surface area contributed by atoms with Crippen molar-refractivity contribution in [3.05, 3.63) is 143 Å². The van der Waals surface area contributed by atoms with Crippen molar-refractivity contribution < 1.29 is 4.74 Å². The molecule has 3 heterocycles. The van der Waals surface area contributed by atoms with E-state index in [2.05, 4.69) is 214 Å². The number of fused-ring (bicyclic) bond motifs is 4. The average Bonchev–Trinajstić information content (AvgIpc) is 3.68. The highest BCUT2D eigenvalue weighted by atomic mass is 16.5. The van der Waals surface area contributed by atoms with Crippen LogP contribution in [-0.4, -0.2) is 16.2 Å². The number of hydrogen-bond donors (Lipinski definition) is 0. The van der Waals surface area contributed by atoms with E-state index >= 15 is 0 Å². The fraction of sp³-hybridized carbons (Fsp3) is 0.352. The van der Waals surface area contributed by atoms with Gasteiger partial charge in [-0.05, 0) is 136 Å². The number of benzene rings is 5. The Hall–Kier alpha value is -5.55. The van der Waals surface area contributed by atoms with Crippen LogP contribution in [0.15, 0.2) is 109 Å². The van der Waals surface area contributed by atoms with Gasteiger partial charge in [-0.15, -0.1) is 0 Å². The fourth-order valence-corrected chi connectivity index (χ4v) is 8.43. The van der Waals surface area contributed by atoms with Crippen molar-refractivity contribution in [2.45, 2.75) is 119 Å². The number of rotatable bonds is 5. The minimum atomic E-state index is -0.0415. The second-order valence-electron chi connectivity index (χ2n) is 20.9. The maximum atomic E-state index is 6.82. The summed E-state index contributed by atoms with van der Waals surface area (Å²) in [5, 5.41) is 2.45. The summed E-state index contributed by atoms with van der Waals surface area (Å²) in [5.74, 6) is 2.49. The molecule has 0 saturated carbocycles. The maximum Gasteiger partial charge on any atom is 0.137 e. The highest BCUT2D eigenvalue weighted by Gasteiger charge is 2.31. The Labute approximate surface area is 352 Å². The van der Waals surface area contributed by atoms with Crippen LogP contribution >= 0.6 is 0 Å². The topological polar surface area (TPSA) is 33.5 Å². The molecule has 5 heteroatoms. The van der Waals surface area contributed by atoms with Gasteiger partial charge in [0.2, 0.25) is 0 Å². The van der Waals surface area contributed by atoms with E-state index in [0.29, 0.717) is 6.67 Å². The number of nitrogens with zero attached hydrogens (tertiary/aromatic N) is 4. The molecule has 0 saturated heterocycles. The van der Waals surface area contributed by atoms with Crippen LogP contribution in [0.5, 0.6) is 11.5 Å². The van der Waals surface area contributed by atoms with E-state index < -0.39 is 0 Å². The Morgan fingerprint density at radius 3 is 1.71 bits per heavy atom. The lowest BCUT2D eigenvalue weighted by atomic mass is 9.80. The molecule has 0 bridgehead atoms. The van der Waals surface area contributed by atoms with Gasteiger partial charge < -0.3 is 14.5 Å². The lowest BCUT2D eigenvalue weighted by Crippen LogP contribution is -2.25. The molecule has 1 aliphatic heterocycles. The van der Waals surface area contributed by atoms with Gasteiger partial charge >= 0.3 is 0 Å². The van der Waals surface area contributed by atoms with Crippen LogP contribution < -0.4 is 14.5 Å². The fourth-order valence-electron chi connectivity index (χ4n) is 8.43. The third-order valence-electron chi connectivity index (χ3n) is 12.2. The Morgan fingerprint density at radius 1 is 0.508 bits per heavy atom. The number of pyridine rings is 1. The lowest BCUT2D eigenvalue weighted by molar-refractivity contribution is 0.483. The van der Waals surface area contributed by atoms with E-state index in [1.165, 1.54) is 61.2 Å². The van der Waals surface area contributed by atoms with Crippen LogP contribution in [0.2, 0.25) is 0 Å². The second-order valence-corrected chi connectivity index (χ2v) is 20.9. The molecule has 5 aromatic carbocycles. The first-order chi connectivity index (χ1) is 27.6. The number of ether oxygens (including phenoxy) is 1. The summed E-state index contributed by atoms with van der Waals surface area (Å²) in [7, 11) is 0. The minimum Gasteiger partial charge on any atom is -0.457 e. The van der Waals surface area contributed by atoms with Crippen LogP contribution in [0.1, 0.15) is 116 Å². The first-order valence-corrected chi connectivity index (χ1v) is 21.2. The van der Waals surface area contributed by atoms with Gasteiger partial charge in [-0.3, -0.25) is 4.57 Å². The summed E-state index contributed by atoms with van der Waals surface area (Å²) in [5.41, 5.74) is 14.8. The molecule has 8 rings (SSSR count). The summed E-state index contributed by atoms with van der Waals surface area (Å²) in [6.45, 7) is 32.6. The van der Waals surface area contributed by atoms with Crippen LogP contribution in [-0.2, 0) is 21.7 Å². The molecule has 0 atom stereocenters. The van der Waals surface area contributed by atoms with Gasteiger partial charge in [-0.2, -0.15) is 0 Å². The standard InChI is InChI=1S/C54H62N4O/c1-34-25-47-48(26-35(34)2)57(40-28-37(52(6,7)8)27-38(29-40)53(9,10)11)33-56(47)39-17-15-18-41(31-39)59-42-21-22-43-46(32-42)58(49-30-36(23-24-55-49)51(3,4)5)45-20-16-19-44(50(43)45)54(12,13)14/h15-32H,33H2,1-14H3. The summed E-state index contributed by atoms with van der Waals surface area (Å²) in [6, 6.07) is 38.0. The predicted molar refractivity (Wildman–Crippen MR) is 251 cm³/mol. The number of aryl methyl sites for hydroxylation is 2. The molecule has 0 amide bonds. The first-order valence-electron chi connectivity index (χ1n) is 21.2. The molecule has 0 N–H and O–H groups in total. The molecule has 0 fully saturated rings. The van der Waals surface area contributed by atoms with Crippen molar-refractivity contribution in [3.63, 3.8) is 0 Å². The van der Waals surface area contributed by atoms with Crippen molar-refractivity contribution in [3.8, 4) is 17.3 Å². The molecular formula is C54H62N4O. The van der Waals surface area contributed by atoms with Gasteiger partial charge in [0.25, 0.3) is 0 Å². The molecule has 0 spiro atoms. The van der Waals surface area contributed by atoms with Crippen molar-refractivity contribution in [2.24, 2.45) is 0 Å². The van der Waals surface area contributed by atoms with E-state index in [9.17, 15) is 0 Å². The highest BCUT2D eigenvalue weighted by molar-refractivity contribution is 6.11. The van der Waals surface area contributed by atoms with E-state index in [1.54, 1.807) is 0 Å². The zero-order chi connectivity index (χ0) is 42.4. The highest BCUT2D eigenvalue weighted by Crippen LogP contribution is 2.48. The molecule has 1 aliphatic rings. The zero-order valence-electron chi connectivity index (χ0n) is 37.8. The minimum absolute atomic E-state index is 0.0114. The van der Waals surface area contributed by atoms with Gasteiger partial charge in [-0.1, -0.05) is 107 Å². The van der Waals surface area contributed by atoms with Crippen molar-refractivity contribution in [1.82, 2.24) is 9.55 Å². The molecule has 7 aromatic rings. The Morgan fingerprint density at radius 2 is 1.10 bits per heavy atom. The Kier molecular flexibility index (Phi) is 9.57. The quantitative estimate of drug-likeness (QED) is 0.174. The molecule has 2 aromatic heterocycles. The smallest absolute Gasteiger partial charge is 0.137 e. The zero-order valence-corrected chi connectivity index (χ0v) is 37.8. The Bertz CT molecular complexity index is 2710. The predicted octanol–water partition coefficient (Wildman–Crippen LogP) is 15.0. The number of anilines is 4. The Balaban J connectivity index is 1.21. The number of hydrogen-bond acceptors (Lipinski definition) is 4. The SMILES string of the molecule is Cc1cc2c(cc1C)N(c1cc(C(C)(C)C)cc(C(C)(C)C)c1)CN2c1cccc(Oc2ccc3c4c(C(C)(C)C)cccc4n(-c4cc(C(C)(C)C)ccn4)c3c2)c1. The molecular weight excluding hydrogens is 721 g/mol. The van der Waals surface area contributed by atoms with Crippen LogP contribution in [0.4, 0.5) is 22.7 Å².